The minimum Gasteiger partial charge on any atom is -0.322 e. The third kappa shape index (κ3) is 4.43. The van der Waals surface area contributed by atoms with Crippen LogP contribution in [-0.4, -0.2) is 78.7 Å². The summed E-state index contributed by atoms with van der Waals surface area (Å²) in [7, 11) is -3.64. The van der Waals surface area contributed by atoms with E-state index in [1.54, 1.807) is 18.7 Å². The van der Waals surface area contributed by atoms with Crippen LogP contribution >= 0.6 is 11.6 Å². The number of hydrogen-bond donors (Lipinski definition) is 2. The average Bonchev–Trinajstić information content (AvgIpc) is 2.92. The number of rotatable bonds is 6. The molecule has 0 spiro atoms. The van der Waals surface area contributed by atoms with Crippen molar-refractivity contribution in [2.45, 2.75) is 30.7 Å². The molecular weight excluding hydrogens is 434 g/mol. The number of halogens is 1. The number of amides is 4. The summed E-state index contributed by atoms with van der Waals surface area (Å²) in [6, 6.07) is 5.29. The molecule has 30 heavy (non-hydrogen) atoms. The maximum Gasteiger partial charge on any atom is 0.344 e. The molecule has 10 nitrogen and oxygen atoms in total. The van der Waals surface area contributed by atoms with E-state index in [9.17, 15) is 22.8 Å². The molecule has 1 aromatic rings. The Morgan fingerprint density at radius 3 is 2.30 bits per heavy atom. The van der Waals surface area contributed by atoms with E-state index in [0.717, 1.165) is 0 Å². The largest absolute Gasteiger partial charge is 0.344 e. The van der Waals surface area contributed by atoms with Gasteiger partial charge >= 0.3 is 6.03 Å². The summed E-state index contributed by atoms with van der Waals surface area (Å²) in [6.45, 7) is 4.42. The number of nitrogens with zero attached hydrogens (tertiary/aromatic N) is 3. The van der Waals surface area contributed by atoms with E-state index in [4.69, 9.17) is 11.6 Å². The zero-order valence-corrected chi connectivity index (χ0v) is 18.3. The summed E-state index contributed by atoms with van der Waals surface area (Å²) in [4.78, 5) is 38.6. The molecule has 1 aromatic carbocycles. The van der Waals surface area contributed by atoms with Crippen molar-refractivity contribution >= 4 is 39.5 Å². The maximum absolute atomic E-state index is 12.7. The standard InChI is InChI=1S/C18H24ClN5O5S/c1-3-18(2)16(26)24(17(27)20-18)21-15(25)12-22-8-10-23(11-9-22)30(28,29)14-6-4-13(19)5-7-14/h4-7H,3,8-12H2,1-2H3,(H,20,27)(H,21,25)/t18-/m0/s1. The SMILES string of the molecule is CC[C@]1(C)NC(=O)N(NC(=O)CN2CCN(S(=O)(=O)c3ccc(Cl)cc3)CC2)C1=O. The number of hydrogen-bond acceptors (Lipinski definition) is 6. The molecule has 2 heterocycles. The molecule has 4 amide bonds. The molecule has 0 unspecified atom stereocenters. The Balaban J connectivity index is 1.53. The molecular formula is C18H24ClN5O5S. The van der Waals surface area contributed by atoms with Gasteiger partial charge in [-0.25, -0.2) is 13.2 Å². The highest BCUT2D eigenvalue weighted by Crippen LogP contribution is 2.21. The van der Waals surface area contributed by atoms with Crippen LogP contribution in [0.15, 0.2) is 29.2 Å². The van der Waals surface area contributed by atoms with Gasteiger partial charge in [0.25, 0.3) is 11.8 Å². The first-order valence-electron chi connectivity index (χ1n) is 9.51. The van der Waals surface area contributed by atoms with Crippen LogP contribution in [0.3, 0.4) is 0 Å². The summed E-state index contributed by atoms with van der Waals surface area (Å²) in [5.41, 5.74) is 1.30. The van der Waals surface area contributed by atoms with Gasteiger partial charge in [-0.05, 0) is 37.6 Å². The first-order chi connectivity index (χ1) is 14.1. The van der Waals surface area contributed by atoms with E-state index in [2.05, 4.69) is 10.7 Å². The Hall–Kier alpha value is -2.21. The molecule has 3 rings (SSSR count). The van der Waals surface area contributed by atoms with Crippen molar-refractivity contribution in [2.75, 3.05) is 32.7 Å². The van der Waals surface area contributed by atoms with E-state index in [1.807, 2.05) is 0 Å². The molecule has 0 saturated carbocycles. The number of imide groups is 1. The third-order valence-corrected chi connectivity index (χ3v) is 7.52. The number of piperazine rings is 1. The Kier molecular flexibility index (Phi) is 6.37. The van der Waals surface area contributed by atoms with Crippen molar-refractivity contribution in [2.24, 2.45) is 0 Å². The molecule has 2 N–H and O–H groups in total. The molecule has 0 radical (unpaired) electrons. The van der Waals surface area contributed by atoms with Gasteiger partial charge in [-0.1, -0.05) is 18.5 Å². The van der Waals surface area contributed by atoms with Crippen LogP contribution in [0.5, 0.6) is 0 Å². The molecule has 0 aliphatic carbocycles. The van der Waals surface area contributed by atoms with Crippen LogP contribution in [-0.2, 0) is 19.6 Å². The van der Waals surface area contributed by atoms with Crippen molar-refractivity contribution < 1.29 is 22.8 Å². The van der Waals surface area contributed by atoms with Gasteiger partial charge < -0.3 is 5.32 Å². The number of sulfonamides is 1. The van der Waals surface area contributed by atoms with Crippen molar-refractivity contribution in [3.05, 3.63) is 29.3 Å². The molecule has 2 fully saturated rings. The minimum atomic E-state index is -3.64. The van der Waals surface area contributed by atoms with Gasteiger partial charge in [0.1, 0.15) is 5.54 Å². The quantitative estimate of drug-likeness (QED) is 0.597. The lowest BCUT2D eigenvalue weighted by Crippen LogP contribution is -2.54. The molecule has 164 valence electrons. The van der Waals surface area contributed by atoms with E-state index < -0.39 is 33.4 Å². The van der Waals surface area contributed by atoms with Crippen molar-refractivity contribution in [3.8, 4) is 0 Å². The van der Waals surface area contributed by atoms with Crippen LogP contribution < -0.4 is 10.7 Å². The fourth-order valence-corrected chi connectivity index (χ4v) is 4.82. The van der Waals surface area contributed by atoms with Crippen LogP contribution in [0.1, 0.15) is 20.3 Å². The second-order valence-corrected chi connectivity index (χ2v) is 9.80. The molecule has 12 heteroatoms. The third-order valence-electron chi connectivity index (χ3n) is 5.35. The molecule has 2 saturated heterocycles. The number of urea groups is 1. The van der Waals surface area contributed by atoms with Gasteiger partial charge in [0.05, 0.1) is 11.4 Å². The summed E-state index contributed by atoms with van der Waals surface area (Å²) in [5.74, 6) is -1.03. The second kappa shape index (κ2) is 8.50. The molecule has 1 atom stereocenters. The van der Waals surface area contributed by atoms with Crippen LogP contribution in [0.25, 0.3) is 0 Å². The smallest absolute Gasteiger partial charge is 0.322 e. The number of nitrogens with one attached hydrogen (secondary N) is 2. The summed E-state index contributed by atoms with van der Waals surface area (Å²) >= 11 is 5.82. The summed E-state index contributed by atoms with van der Waals surface area (Å²) < 4.78 is 26.8. The average molecular weight is 458 g/mol. The first kappa shape index (κ1) is 22.5. The van der Waals surface area contributed by atoms with E-state index >= 15 is 0 Å². The van der Waals surface area contributed by atoms with Gasteiger partial charge in [-0.15, -0.1) is 0 Å². The Bertz CT molecular complexity index is 946. The van der Waals surface area contributed by atoms with E-state index in [-0.39, 0.29) is 24.5 Å². The lowest BCUT2D eigenvalue weighted by Gasteiger charge is -2.33. The minimum absolute atomic E-state index is 0.0608. The highest BCUT2D eigenvalue weighted by Gasteiger charge is 2.47. The van der Waals surface area contributed by atoms with E-state index in [1.165, 1.54) is 28.6 Å². The predicted molar refractivity (Wildman–Crippen MR) is 109 cm³/mol. The Morgan fingerprint density at radius 1 is 1.17 bits per heavy atom. The van der Waals surface area contributed by atoms with Crippen molar-refractivity contribution in [3.63, 3.8) is 0 Å². The highest BCUT2D eigenvalue weighted by molar-refractivity contribution is 7.89. The summed E-state index contributed by atoms with van der Waals surface area (Å²) in [6.07, 6.45) is 0.397. The van der Waals surface area contributed by atoms with Crippen LogP contribution in [0.2, 0.25) is 5.02 Å². The van der Waals surface area contributed by atoms with Gasteiger partial charge in [0, 0.05) is 31.2 Å². The maximum atomic E-state index is 12.7. The highest BCUT2D eigenvalue weighted by atomic mass is 35.5. The number of hydrazine groups is 1. The van der Waals surface area contributed by atoms with Crippen LogP contribution in [0, 0.1) is 0 Å². The molecule has 2 aliphatic rings. The Labute approximate surface area is 180 Å². The first-order valence-corrected chi connectivity index (χ1v) is 11.3. The topological polar surface area (TPSA) is 119 Å². The fraction of sp³-hybridized carbons (Fsp3) is 0.500. The predicted octanol–water partition coefficient (Wildman–Crippen LogP) is 0.398. The van der Waals surface area contributed by atoms with Crippen LogP contribution in [0.4, 0.5) is 4.79 Å². The summed E-state index contributed by atoms with van der Waals surface area (Å²) in [5, 5.41) is 3.71. The fourth-order valence-electron chi connectivity index (χ4n) is 3.27. The lowest BCUT2D eigenvalue weighted by atomic mass is 10.00. The Morgan fingerprint density at radius 2 is 1.77 bits per heavy atom. The number of carbonyl (C=O) groups is 3. The van der Waals surface area contributed by atoms with Gasteiger partial charge in [0.15, 0.2) is 0 Å². The monoisotopic (exact) mass is 457 g/mol. The lowest BCUT2D eigenvalue weighted by molar-refractivity contribution is -0.139. The second-order valence-electron chi connectivity index (χ2n) is 7.43. The van der Waals surface area contributed by atoms with Gasteiger partial charge in [-0.2, -0.15) is 9.31 Å². The normalized spacial score (nSPS) is 23.5. The number of benzene rings is 1. The van der Waals surface area contributed by atoms with Gasteiger partial charge in [0.2, 0.25) is 10.0 Å². The zero-order chi connectivity index (χ0) is 22.1. The van der Waals surface area contributed by atoms with Crippen molar-refractivity contribution in [1.82, 2.24) is 25.0 Å². The van der Waals surface area contributed by atoms with Crippen molar-refractivity contribution in [1.29, 1.82) is 0 Å². The van der Waals surface area contributed by atoms with E-state index in [0.29, 0.717) is 29.5 Å². The number of carbonyl (C=O) groups excluding carboxylic acids is 3. The molecule has 0 aromatic heterocycles. The van der Waals surface area contributed by atoms with Gasteiger partial charge in [-0.3, -0.25) is 19.9 Å². The molecule has 0 bridgehead atoms. The molecule has 2 aliphatic heterocycles. The zero-order valence-electron chi connectivity index (χ0n) is 16.7.